The van der Waals surface area contributed by atoms with Gasteiger partial charge in [0.25, 0.3) is 0 Å². The average Bonchev–Trinajstić information content (AvgIpc) is 3.08. The summed E-state index contributed by atoms with van der Waals surface area (Å²) in [6, 6.07) is 3.48. The molecule has 1 saturated carbocycles. The van der Waals surface area contributed by atoms with Crippen LogP contribution in [0, 0.1) is 18.7 Å². The molecule has 3 heterocycles. The fraction of sp³-hybridized carbons (Fsp3) is 0.300. The van der Waals surface area contributed by atoms with Gasteiger partial charge in [-0.2, -0.15) is 10.2 Å². The molecule has 154 valence electrons. The molecule has 8 nitrogen and oxygen atoms in total. The van der Waals surface area contributed by atoms with Crippen LogP contribution in [-0.4, -0.2) is 51.0 Å². The number of rotatable bonds is 4. The first-order valence-electron chi connectivity index (χ1n) is 9.49. The van der Waals surface area contributed by atoms with Gasteiger partial charge in [0, 0.05) is 25.0 Å². The number of carbonyl (C=O) groups excluding carboxylic acids is 1. The fourth-order valence-electron chi connectivity index (χ4n) is 3.74. The highest BCUT2D eigenvalue weighted by Crippen LogP contribution is 2.38. The Hall–Kier alpha value is -3.56. The summed E-state index contributed by atoms with van der Waals surface area (Å²) in [6.45, 7) is 1.71. The zero-order valence-electron chi connectivity index (χ0n) is 16.6. The minimum Gasteiger partial charge on any atom is -0.374 e. The van der Waals surface area contributed by atoms with Crippen molar-refractivity contribution in [2.24, 2.45) is 5.92 Å². The Bertz CT molecular complexity index is 1310. The predicted molar refractivity (Wildman–Crippen MR) is 109 cm³/mol. The molecule has 0 unspecified atom stereocenters. The molecule has 5 rings (SSSR count). The van der Waals surface area contributed by atoms with Crippen LogP contribution in [0.5, 0.6) is 0 Å². The summed E-state index contributed by atoms with van der Waals surface area (Å²) in [6.07, 6.45) is 2.38. The predicted octanol–water partition coefficient (Wildman–Crippen LogP) is 3.08. The van der Waals surface area contributed by atoms with Crippen LogP contribution in [0.15, 0.2) is 24.5 Å². The highest BCUT2D eigenvalue weighted by Gasteiger charge is 2.43. The SMILES string of the molecule is Cc1c(F)c(N(C)C)c2[nH]ncc2c1-c1ccc2nc(NC(=O)[C@@H]3C[C@@H]3F)cn2n1. The number of aromatic amines is 1. The quantitative estimate of drug-likeness (QED) is 0.539. The van der Waals surface area contributed by atoms with Crippen LogP contribution in [0.2, 0.25) is 0 Å². The van der Waals surface area contributed by atoms with Gasteiger partial charge in [-0.15, -0.1) is 0 Å². The van der Waals surface area contributed by atoms with E-state index < -0.39 is 12.1 Å². The third-order valence-electron chi connectivity index (χ3n) is 5.38. The maximum Gasteiger partial charge on any atom is 0.231 e. The van der Waals surface area contributed by atoms with Crippen LogP contribution in [-0.2, 0) is 4.79 Å². The van der Waals surface area contributed by atoms with Gasteiger partial charge in [0.15, 0.2) is 17.3 Å². The molecule has 0 bridgehead atoms. The summed E-state index contributed by atoms with van der Waals surface area (Å²) < 4.78 is 29.8. The van der Waals surface area contributed by atoms with E-state index in [1.54, 1.807) is 50.4 Å². The van der Waals surface area contributed by atoms with Crippen LogP contribution < -0.4 is 10.2 Å². The molecular weight excluding hydrogens is 392 g/mol. The molecule has 1 aliphatic carbocycles. The number of nitrogens with zero attached hydrogens (tertiary/aromatic N) is 5. The van der Waals surface area contributed by atoms with E-state index in [2.05, 4.69) is 25.6 Å². The molecule has 0 aliphatic heterocycles. The second kappa shape index (κ2) is 6.48. The van der Waals surface area contributed by atoms with Gasteiger partial charge in [-0.3, -0.25) is 9.89 Å². The number of hydrogen-bond donors (Lipinski definition) is 2. The van der Waals surface area contributed by atoms with Crippen molar-refractivity contribution in [1.29, 1.82) is 0 Å². The summed E-state index contributed by atoms with van der Waals surface area (Å²) >= 11 is 0. The van der Waals surface area contributed by atoms with E-state index in [-0.39, 0.29) is 18.1 Å². The second-order valence-corrected chi connectivity index (χ2v) is 7.71. The number of carbonyl (C=O) groups is 1. The van der Waals surface area contributed by atoms with Crippen LogP contribution in [0.3, 0.4) is 0 Å². The van der Waals surface area contributed by atoms with Crippen molar-refractivity contribution in [3.63, 3.8) is 0 Å². The topological polar surface area (TPSA) is 91.2 Å². The van der Waals surface area contributed by atoms with Gasteiger partial charge in [-0.1, -0.05) is 0 Å². The number of hydrogen-bond acceptors (Lipinski definition) is 5. The summed E-state index contributed by atoms with van der Waals surface area (Å²) in [4.78, 5) is 18.0. The van der Waals surface area contributed by atoms with Gasteiger partial charge in [-0.05, 0) is 31.0 Å². The van der Waals surface area contributed by atoms with Crippen molar-refractivity contribution in [2.45, 2.75) is 19.5 Å². The Morgan fingerprint density at radius 3 is 2.83 bits per heavy atom. The lowest BCUT2D eigenvalue weighted by atomic mass is 9.98. The maximum absolute atomic E-state index is 15.2. The number of anilines is 2. The minimum atomic E-state index is -1.08. The van der Waals surface area contributed by atoms with E-state index >= 15 is 4.39 Å². The van der Waals surface area contributed by atoms with Crippen LogP contribution >= 0.6 is 0 Å². The molecule has 0 radical (unpaired) electrons. The van der Waals surface area contributed by atoms with Gasteiger partial charge in [-0.25, -0.2) is 18.3 Å². The molecule has 2 N–H and O–H groups in total. The first-order valence-corrected chi connectivity index (χ1v) is 9.49. The van der Waals surface area contributed by atoms with E-state index in [1.165, 1.54) is 4.52 Å². The minimum absolute atomic E-state index is 0.246. The molecule has 0 saturated heterocycles. The molecule has 3 aromatic heterocycles. The van der Waals surface area contributed by atoms with Crippen molar-refractivity contribution in [2.75, 3.05) is 24.3 Å². The van der Waals surface area contributed by atoms with Crippen LogP contribution in [0.4, 0.5) is 20.3 Å². The summed E-state index contributed by atoms with van der Waals surface area (Å²) in [7, 11) is 3.55. The number of H-pyrrole nitrogens is 1. The smallest absolute Gasteiger partial charge is 0.231 e. The molecule has 2 atom stereocenters. The average molecular weight is 411 g/mol. The summed E-state index contributed by atoms with van der Waals surface area (Å²) in [5.41, 5.74) is 3.15. The van der Waals surface area contributed by atoms with E-state index in [0.29, 0.717) is 39.5 Å². The number of fused-ring (bicyclic) bond motifs is 2. The molecule has 1 aliphatic rings. The lowest BCUT2D eigenvalue weighted by molar-refractivity contribution is -0.117. The standard InChI is InChI=1S/C20H19F2N7O/c1-9-16(11-7-23-26-18(11)19(17(9)22)28(2)3)13-4-5-15-24-14(8-29(15)27-13)25-20(30)10-6-12(10)21/h4-5,7-8,10,12H,6H2,1-3H3,(H,23,26)(H,25,30)/t10-,12+/m1/s1. The Labute approximate surface area is 169 Å². The third kappa shape index (κ3) is 2.78. The molecule has 10 heteroatoms. The normalized spacial score (nSPS) is 18.2. The molecule has 1 fully saturated rings. The van der Waals surface area contributed by atoms with Crippen LogP contribution in [0.1, 0.15) is 12.0 Å². The van der Waals surface area contributed by atoms with Gasteiger partial charge in [0.1, 0.15) is 6.17 Å². The second-order valence-electron chi connectivity index (χ2n) is 7.71. The van der Waals surface area contributed by atoms with Crippen molar-refractivity contribution in [1.82, 2.24) is 24.8 Å². The zero-order valence-corrected chi connectivity index (χ0v) is 16.6. The summed E-state index contributed by atoms with van der Waals surface area (Å²) in [5.74, 6) is -1.04. The van der Waals surface area contributed by atoms with E-state index in [1.807, 2.05) is 0 Å². The Balaban J connectivity index is 1.59. The first kappa shape index (κ1) is 18.5. The largest absolute Gasteiger partial charge is 0.374 e. The number of aromatic nitrogens is 5. The monoisotopic (exact) mass is 411 g/mol. The number of nitrogens with one attached hydrogen (secondary N) is 2. The zero-order chi connectivity index (χ0) is 21.2. The number of alkyl halides is 1. The van der Waals surface area contributed by atoms with Crippen LogP contribution in [0.25, 0.3) is 27.8 Å². The Morgan fingerprint density at radius 1 is 1.37 bits per heavy atom. The molecule has 4 aromatic rings. The summed E-state index contributed by atoms with van der Waals surface area (Å²) in [5, 5.41) is 14.9. The van der Waals surface area contributed by atoms with Gasteiger partial charge in [0.05, 0.1) is 35.2 Å². The Morgan fingerprint density at radius 2 is 2.13 bits per heavy atom. The third-order valence-corrected chi connectivity index (χ3v) is 5.38. The van der Waals surface area contributed by atoms with Gasteiger partial charge in [0.2, 0.25) is 5.91 Å². The van der Waals surface area contributed by atoms with E-state index in [4.69, 9.17) is 0 Å². The van der Waals surface area contributed by atoms with Crippen molar-refractivity contribution >= 4 is 34.0 Å². The number of benzene rings is 1. The fourth-order valence-corrected chi connectivity index (χ4v) is 3.74. The van der Waals surface area contributed by atoms with Gasteiger partial charge >= 0.3 is 0 Å². The van der Waals surface area contributed by atoms with E-state index in [9.17, 15) is 9.18 Å². The lowest BCUT2D eigenvalue weighted by Gasteiger charge is -2.18. The maximum atomic E-state index is 15.2. The number of imidazole rings is 1. The molecular formula is C20H19F2N7O. The molecule has 1 aromatic carbocycles. The highest BCUT2D eigenvalue weighted by molar-refractivity contribution is 6.02. The lowest BCUT2D eigenvalue weighted by Crippen LogP contribution is -2.15. The van der Waals surface area contributed by atoms with Crippen molar-refractivity contribution in [3.8, 4) is 11.3 Å². The van der Waals surface area contributed by atoms with Gasteiger partial charge < -0.3 is 10.2 Å². The van der Waals surface area contributed by atoms with Crippen molar-refractivity contribution < 1.29 is 13.6 Å². The highest BCUT2D eigenvalue weighted by atomic mass is 19.1. The number of amides is 1. The van der Waals surface area contributed by atoms with E-state index in [0.717, 1.165) is 5.39 Å². The Kier molecular flexibility index (Phi) is 3.99. The molecule has 1 amide bonds. The van der Waals surface area contributed by atoms with Crippen molar-refractivity contribution in [3.05, 3.63) is 35.9 Å². The molecule has 30 heavy (non-hydrogen) atoms. The first-order chi connectivity index (χ1) is 14.3. The molecule has 0 spiro atoms. The number of halogens is 2.